The summed E-state index contributed by atoms with van der Waals surface area (Å²) in [6.45, 7) is 5.42. The van der Waals surface area contributed by atoms with E-state index >= 15 is 0 Å². The van der Waals surface area contributed by atoms with Crippen LogP contribution in [0.25, 0.3) is 10.2 Å². The largest absolute Gasteiger partial charge is 0.494 e. The Bertz CT molecular complexity index is 956. The Kier molecular flexibility index (Phi) is 4.28. The molecule has 1 aliphatic heterocycles. The lowest BCUT2D eigenvalue weighted by Gasteiger charge is -2.38. The molecule has 1 amide bonds. The van der Waals surface area contributed by atoms with Crippen molar-refractivity contribution in [2.45, 2.75) is 13.8 Å². The monoisotopic (exact) mass is 367 g/mol. The maximum absolute atomic E-state index is 12.6. The molecule has 3 aromatic rings. The maximum Gasteiger partial charge on any atom is 0.231 e. The molecule has 0 unspecified atom stereocenters. The van der Waals surface area contributed by atoms with Crippen molar-refractivity contribution in [1.82, 2.24) is 4.98 Å². The molecule has 26 heavy (non-hydrogen) atoms. The van der Waals surface area contributed by atoms with Gasteiger partial charge in [-0.2, -0.15) is 0 Å². The number of nitrogens with one attached hydrogen (secondary N) is 1. The number of anilines is 2. The minimum atomic E-state index is -0.0112. The lowest BCUT2D eigenvalue weighted by Crippen LogP contribution is -2.52. The van der Waals surface area contributed by atoms with Gasteiger partial charge >= 0.3 is 0 Å². The third-order valence-electron chi connectivity index (χ3n) is 4.84. The molecule has 0 atom stereocenters. The Hall–Kier alpha value is -2.60. The summed E-state index contributed by atoms with van der Waals surface area (Å²) in [5.74, 6) is 0.857. The average molecular weight is 367 g/mol. The highest BCUT2D eigenvalue weighted by Gasteiger charge is 2.34. The fraction of sp³-hybridized carbons (Fsp3) is 0.300. The number of ether oxygens (including phenoxy) is 1. The van der Waals surface area contributed by atoms with Gasteiger partial charge in [0.1, 0.15) is 11.3 Å². The van der Waals surface area contributed by atoms with Gasteiger partial charge in [-0.3, -0.25) is 4.79 Å². The molecule has 5 nitrogen and oxygen atoms in total. The smallest absolute Gasteiger partial charge is 0.231 e. The number of hydrogen-bond donors (Lipinski definition) is 1. The van der Waals surface area contributed by atoms with Gasteiger partial charge in [0.25, 0.3) is 0 Å². The zero-order chi connectivity index (χ0) is 18.3. The van der Waals surface area contributed by atoms with E-state index < -0.39 is 0 Å². The SMILES string of the molecule is COc1cccc2sc(N3CC(C(=O)Nc4c(C)cccc4C)C3)nc12. The molecule has 1 fully saturated rings. The van der Waals surface area contributed by atoms with Gasteiger partial charge in [-0.05, 0) is 37.1 Å². The third-order valence-corrected chi connectivity index (χ3v) is 5.92. The number of methoxy groups -OCH3 is 1. The summed E-state index contributed by atoms with van der Waals surface area (Å²) >= 11 is 1.64. The number of para-hydroxylation sites is 2. The van der Waals surface area contributed by atoms with Crippen molar-refractivity contribution < 1.29 is 9.53 Å². The van der Waals surface area contributed by atoms with Crippen molar-refractivity contribution >= 4 is 38.3 Å². The molecule has 0 radical (unpaired) electrons. The highest BCUT2D eigenvalue weighted by molar-refractivity contribution is 7.22. The summed E-state index contributed by atoms with van der Waals surface area (Å²) in [6, 6.07) is 12.0. The van der Waals surface area contributed by atoms with Gasteiger partial charge < -0.3 is 15.0 Å². The zero-order valence-corrected chi connectivity index (χ0v) is 15.9. The van der Waals surface area contributed by atoms with Crippen molar-refractivity contribution in [3.8, 4) is 5.75 Å². The van der Waals surface area contributed by atoms with E-state index in [0.717, 1.165) is 37.9 Å². The Morgan fingerprint density at radius 3 is 2.58 bits per heavy atom. The standard InChI is InChI=1S/C20H21N3O2S/c1-12-6-4-7-13(2)17(12)21-19(24)14-10-23(11-14)20-22-18-15(25-3)8-5-9-16(18)26-20/h4-9,14H,10-11H2,1-3H3,(H,21,24). The number of fused-ring (bicyclic) bond motifs is 1. The van der Waals surface area contributed by atoms with Gasteiger partial charge in [0, 0.05) is 18.8 Å². The molecule has 0 spiro atoms. The zero-order valence-electron chi connectivity index (χ0n) is 15.1. The predicted molar refractivity (Wildman–Crippen MR) is 106 cm³/mol. The molecule has 0 bridgehead atoms. The fourth-order valence-electron chi connectivity index (χ4n) is 3.25. The van der Waals surface area contributed by atoms with Crippen molar-refractivity contribution in [3.05, 3.63) is 47.5 Å². The van der Waals surface area contributed by atoms with Crippen molar-refractivity contribution in [1.29, 1.82) is 0 Å². The molecule has 2 aromatic carbocycles. The van der Waals surface area contributed by atoms with Crippen LogP contribution in [0.3, 0.4) is 0 Å². The van der Waals surface area contributed by atoms with Crippen LogP contribution in [-0.4, -0.2) is 31.1 Å². The van der Waals surface area contributed by atoms with E-state index in [1.54, 1.807) is 18.4 Å². The molecule has 4 rings (SSSR count). The summed E-state index contributed by atoms with van der Waals surface area (Å²) in [5, 5.41) is 4.04. The average Bonchev–Trinajstić information content (AvgIpc) is 3.00. The van der Waals surface area contributed by atoms with E-state index in [9.17, 15) is 4.79 Å². The minimum Gasteiger partial charge on any atom is -0.494 e. The summed E-state index contributed by atoms with van der Waals surface area (Å²) in [6.07, 6.45) is 0. The van der Waals surface area contributed by atoms with Gasteiger partial charge in [0.2, 0.25) is 5.91 Å². The van der Waals surface area contributed by atoms with Gasteiger partial charge in [-0.15, -0.1) is 0 Å². The van der Waals surface area contributed by atoms with E-state index in [4.69, 9.17) is 9.72 Å². The molecule has 134 valence electrons. The molecule has 6 heteroatoms. The lowest BCUT2D eigenvalue weighted by molar-refractivity contribution is -0.120. The normalized spacial score (nSPS) is 14.3. The van der Waals surface area contributed by atoms with Crippen LogP contribution in [0.1, 0.15) is 11.1 Å². The van der Waals surface area contributed by atoms with Gasteiger partial charge in [-0.25, -0.2) is 4.98 Å². The molecule has 0 aliphatic carbocycles. The van der Waals surface area contributed by atoms with Crippen molar-refractivity contribution in [2.24, 2.45) is 5.92 Å². The molecule has 1 saturated heterocycles. The first kappa shape index (κ1) is 16.8. The number of thiazole rings is 1. The molecular weight excluding hydrogens is 346 g/mol. The van der Waals surface area contributed by atoms with E-state index in [0.29, 0.717) is 13.1 Å². The number of carbonyl (C=O) groups excluding carboxylic acids is 1. The summed E-state index contributed by atoms with van der Waals surface area (Å²) in [5.41, 5.74) is 4.00. The fourth-order valence-corrected chi connectivity index (χ4v) is 4.25. The summed E-state index contributed by atoms with van der Waals surface area (Å²) in [7, 11) is 1.66. The van der Waals surface area contributed by atoms with E-state index in [2.05, 4.69) is 10.2 Å². The molecule has 1 N–H and O–H groups in total. The van der Waals surface area contributed by atoms with Crippen molar-refractivity contribution in [2.75, 3.05) is 30.4 Å². The molecule has 1 aliphatic rings. The minimum absolute atomic E-state index is 0.0112. The van der Waals surface area contributed by atoms with E-state index in [1.807, 2.05) is 50.2 Å². The highest BCUT2D eigenvalue weighted by Crippen LogP contribution is 2.36. The summed E-state index contributed by atoms with van der Waals surface area (Å²) in [4.78, 5) is 19.4. The summed E-state index contributed by atoms with van der Waals surface area (Å²) < 4.78 is 6.48. The molecule has 1 aromatic heterocycles. The Morgan fingerprint density at radius 2 is 1.88 bits per heavy atom. The Labute approximate surface area is 156 Å². The number of benzene rings is 2. The van der Waals surface area contributed by atoms with Crippen LogP contribution in [0.5, 0.6) is 5.75 Å². The number of nitrogens with zero attached hydrogens (tertiary/aromatic N) is 2. The topological polar surface area (TPSA) is 54.5 Å². The number of hydrogen-bond acceptors (Lipinski definition) is 5. The van der Waals surface area contributed by atoms with Crippen LogP contribution in [0, 0.1) is 19.8 Å². The van der Waals surface area contributed by atoms with Crippen LogP contribution in [0.4, 0.5) is 10.8 Å². The first-order valence-electron chi connectivity index (χ1n) is 8.62. The van der Waals surface area contributed by atoms with Crippen LogP contribution < -0.4 is 15.0 Å². The second kappa shape index (κ2) is 6.61. The maximum atomic E-state index is 12.6. The van der Waals surface area contributed by atoms with Crippen LogP contribution in [0.15, 0.2) is 36.4 Å². The lowest BCUT2D eigenvalue weighted by atomic mass is 9.99. The van der Waals surface area contributed by atoms with Gasteiger partial charge in [0.05, 0.1) is 17.7 Å². The third kappa shape index (κ3) is 2.90. The number of aromatic nitrogens is 1. The quantitative estimate of drug-likeness (QED) is 0.757. The van der Waals surface area contributed by atoms with Gasteiger partial charge in [0.15, 0.2) is 5.13 Å². The molecule has 0 saturated carbocycles. The second-order valence-corrected chi connectivity index (χ2v) is 7.67. The van der Waals surface area contributed by atoms with E-state index in [1.165, 1.54) is 0 Å². The van der Waals surface area contributed by atoms with Crippen molar-refractivity contribution in [3.63, 3.8) is 0 Å². The van der Waals surface area contributed by atoms with Crippen LogP contribution >= 0.6 is 11.3 Å². The van der Waals surface area contributed by atoms with Crippen LogP contribution in [0.2, 0.25) is 0 Å². The number of amides is 1. The Morgan fingerprint density at radius 1 is 1.19 bits per heavy atom. The highest BCUT2D eigenvalue weighted by atomic mass is 32.1. The number of rotatable bonds is 4. The first-order chi connectivity index (χ1) is 12.6. The van der Waals surface area contributed by atoms with Gasteiger partial charge in [-0.1, -0.05) is 35.6 Å². The van der Waals surface area contributed by atoms with Crippen LogP contribution in [-0.2, 0) is 4.79 Å². The predicted octanol–water partition coefficient (Wildman–Crippen LogP) is 4.00. The Balaban J connectivity index is 1.44. The number of aryl methyl sites for hydroxylation is 2. The second-order valence-electron chi connectivity index (χ2n) is 6.66. The first-order valence-corrected chi connectivity index (χ1v) is 9.44. The molecule has 2 heterocycles. The number of carbonyl (C=O) groups is 1. The molecular formula is C20H21N3O2S. The van der Waals surface area contributed by atoms with E-state index in [-0.39, 0.29) is 11.8 Å².